The molecule has 0 saturated carbocycles. The Labute approximate surface area is 279 Å². The highest BCUT2D eigenvalue weighted by atomic mass is 35.5. The van der Waals surface area contributed by atoms with E-state index in [1.54, 1.807) is 0 Å². The fourth-order valence-corrected chi connectivity index (χ4v) is 7.91. The maximum absolute atomic E-state index is 7.01. The van der Waals surface area contributed by atoms with Crippen molar-refractivity contribution in [2.24, 2.45) is 0 Å². The van der Waals surface area contributed by atoms with Crippen molar-refractivity contribution in [2.45, 2.75) is 25.7 Å². The van der Waals surface area contributed by atoms with E-state index in [9.17, 15) is 0 Å². The number of fused-ring (bicyclic) bond motifs is 7. The summed E-state index contributed by atoms with van der Waals surface area (Å²) in [7, 11) is 0. The van der Waals surface area contributed by atoms with Gasteiger partial charge in [0.1, 0.15) is 11.2 Å². The molecule has 0 spiro atoms. The number of halogens is 1. The number of nitrogens with zero attached hydrogens (tertiary/aromatic N) is 1. The van der Waals surface area contributed by atoms with E-state index in [1.807, 2.05) is 12.1 Å². The summed E-state index contributed by atoms with van der Waals surface area (Å²) >= 11 is 7.01. The first-order chi connectivity index (χ1) is 23.0. The lowest BCUT2D eigenvalue weighted by Crippen LogP contribution is -2.16. The third-order valence-electron chi connectivity index (χ3n) is 9.93. The number of furan rings is 1. The molecule has 0 bridgehead atoms. The lowest BCUT2D eigenvalue weighted by atomic mass is 9.82. The van der Waals surface area contributed by atoms with E-state index in [2.05, 4.69) is 152 Å². The molecule has 0 N–H and O–H groups in total. The Morgan fingerprint density at radius 3 is 2.06 bits per heavy atom. The van der Waals surface area contributed by atoms with Crippen LogP contribution in [0.1, 0.15) is 36.1 Å². The fraction of sp³-hybridized carbons (Fsp3) is 0.0909. The van der Waals surface area contributed by atoms with E-state index < -0.39 is 0 Å². The molecule has 8 aromatic rings. The Bertz CT molecular complexity index is 2470. The largest absolute Gasteiger partial charge is 0.456 e. The summed E-state index contributed by atoms with van der Waals surface area (Å²) in [4.78, 5) is 2.34. The highest BCUT2D eigenvalue weighted by Crippen LogP contribution is 2.51. The molecule has 0 amide bonds. The summed E-state index contributed by atoms with van der Waals surface area (Å²) in [5.41, 5.74) is 12.7. The molecular formula is C44H32ClNO. The molecule has 47 heavy (non-hydrogen) atoms. The minimum absolute atomic E-state index is 0.103. The first kappa shape index (κ1) is 28.0. The van der Waals surface area contributed by atoms with Crippen molar-refractivity contribution < 1.29 is 4.42 Å². The van der Waals surface area contributed by atoms with Crippen LogP contribution >= 0.6 is 11.6 Å². The normalized spacial score (nSPS) is 13.3. The third kappa shape index (κ3) is 4.47. The Balaban J connectivity index is 1.20. The highest BCUT2D eigenvalue weighted by Gasteiger charge is 2.35. The average molecular weight is 626 g/mol. The van der Waals surface area contributed by atoms with Gasteiger partial charge in [0.15, 0.2) is 0 Å². The summed E-state index contributed by atoms with van der Waals surface area (Å²) in [5, 5.41) is 4.82. The Morgan fingerprint density at radius 1 is 0.553 bits per heavy atom. The van der Waals surface area contributed by atoms with Gasteiger partial charge in [-0.2, -0.15) is 0 Å². The zero-order valence-corrected chi connectivity index (χ0v) is 27.1. The van der Waals surface area contributed by atoms with E-state index in [-0.39, 0.29) is 5.41 Å². The second kappa shape index (κ2) is 10.6. The molecule has 2 nitrogen and oxygen atoms in total. The van der Waals surface area contributed by atoms with Crippen molar-refractivity contribution >= 4 is 61.4 Å². The first-order valence-corrected chi connectivity index (χ1v) is 16.5. The van der Waals surface area contributed by atoms with Crippen molar-refractivity contribution in [3.63, 3.8) is 0 Å². The summed E-state index contributed by atoms with van der Waals surface area (Å²) in [6.07, 6.45) is 0.895. The molecule has 0 fully saturated rings. The number of hydrogen-bond acceptors (Lipinski definition) is 2. The van der Waals surface area contributed by atoms with E-state index >= 15 is 0 Å². The molecule has 0 atom stereocenters. The maximum atomic E-state index is 7.01. The summed E-state index contributed by atoms with van der Waals surface area (Å²) in [5.74, 6) is 0. The van der Waals surface area contributed by atoms with Crippen LogP contribution in [0.2, 0.25) is 5.02 Å². The fourth-order valence-electron chi connectivity index (χ4n) is 7.54. The van der Waals surface area contributed by atoms with Gasteiger partial charge in [0, 0.05) is 44.7 Å². The minimum Gasteiger partial charge on any atom is -0.456 e. The van der Waals surface area contributed by atoms with Crippen LogP contribution in [-0.2, 0) is 11.8 Å². The second-order valence-electron chi connectivity index (χ2n) is 13.1. The monoisotopic (exact) mass is 625 g/mol. The molecule has 226 valence electrons. The van der Waals surface area contributed by atoms with Crippen molar-refractivity contribution in [2.75, 3.05) is 4.90 Å². The predicted octanol–water partition coefficient (Wildman–Crippen LogP) is 12.8. The van der Waals surface area contributed by atoms with Crippen LogP contribution in [0.3, 0.4) is 0 Å². The van der Waals surface area contributed by atoms with Gasteiger partial charge in [0.2, 0.25) is 0 Å². The van der Waals surface area contributed by atoms with Crippen molar-refractivity contribution in [3.8, 4) is 11.1 Å². The van der Waals surface area contributed by atoms with Crippen LogP contribution in [0.15, 0.2) is 150 Å². The van der Waals surface area contributed by atoms with E-state index in [0.717, 1.165) is 61.2 Å². The van der Waals surface area contributed by atoms with E-state index in [0.29, 0.717) is 0 Å². The van der Waals surface area contributed by atoms with Gasteiger partial charge in [0.05, 0.1) is 5.02 Å². The summed E-state index contributed by atoms with van der Waals surface area (Å²) in [6.45, 7) is 4.66. The minimum atomic E-state index is -0.103. The zero-order chi connectivity index (χ0) is 31.7. The quantitative estimate of drug-likeness (QED) is 0.189. The molecule has 1 aliphatic carbocycles. The molecule has 1 aliphatic rings. The van der Waals surface area contributed by atoms with Crippen LogP contribution in [0.5, 0.6) is 0 Å². The molecule has 0 radical (unpaired) electrons. The van der Waals surface area contributed by atoms with Crippen molar-refractivity contribution in [3.05, 3.63) is 173 Å². The molecule has 9 rings (SSSR count). The van der Waals surface area contributed by atoms with E-state index in [4.69, 9.17) is 16.0 Å². The number of hydrogen-bond donors (Lipinski definition) is 0. The van der Waals surface area contributed by atoms with Gasteiger partial charge in [-0.3, -0.25) is 0 Å². The molecule has 7 aromatic carbocycles. The Kier molecular flexibility index (Phi) is 6.32. The van der Waals surface area contributed by atoms with Crippen LogP contribution in [0, 0.1) is 0 Å². The van der Waals surface area contributed by atoms with E-state index in [1.165, 1.54) is 33.4 Å². The van der Waals surface area contributed by atoms with Gasteiger partial charge < -0.3 is 9.32 Å². The number of rotatable bonds is 5. The van der Waals surface area contributed by atoms with Crippen molar-refractivity contribution in [1.29, 1.82) is 0 Å². The van der Waals surface area contributed by atoms with Gasteiger partial charge in [-0.25, -0.2) is 0 Å². The lowest BCUT2D eigenvalue weighted by molar-refractivity contribution is 0.660. The van der Waals surface area contributed by atoms with Gasteiger partial charge in [-0.05, 0) is 87.7 Å². The Morgan fingerprint density at radius 2 is 1.21 bits per heavy atom. The van der Waals surface area contributed by atoms with Gasteiger partial charge in [0.25, 0.3) is 0 Å². The van der Waals surface area contributed by atoms with Crippen LogP contribution in [-0.4, -0.2) is 0 Å². The van der Waals surface area contributed by atoms with Crippen LogP contribution in [0.4, 0.5) is 17.1 Å². The smallest absolute Gasteiger partial charge is 0.137 e. The van der Waals surface area contributed by atoms with Crippen molar-refractivity contribution in [1.82, 2.24) is 0 Å². The molecule has 0 unspecified atom stereocenters. The predicted molar refractivity (Wildman–Crippen MR) is 198 cm³/mol. The zero-order valence-electron chi connectivity index (χ0n) is 26.3. The highest BCUT2D eigenvalue weighted by molar-refractivity contribution is 6.42. The molecular weight excluding hydrogens is 594 g/mol. The van der Waals surface area contributed by atoms with Gasteiger partial charge >= 0.3 is 0 Å². The first-order valence-electron chi connectivity index (χ1n) is 16.2. The second-order valence-corrected chi connectivity index (χ2v) is 13.5. The SMILES string of the molecule is CC1(C)c2ccccc2-c2ccc(N(c3ccc(Cc4ccccc4)cc3)c3ccc4c(c3)oc3cc5ccccc5c(Cl)c34)cc21. The third-order valence-corrected chi connectivity index (χ3v) is 10.3. The number of anilines is 3. The standard InChI is InChI=1S/C44H32ClNO/c1-44(2)38-15-9-8-14-35(38)36-22-20-32(26-39(36)44)46(31-18-16-29(17-19-31)24-28-10-4-3-5-11-28)33-21-23-37-40(27-33)47-41-25-30-12-6-7-13-34(30)43(45)42(37)41/h3-23,25-27H,24H2,1-2H3. The summed E-state index contributed by atoms with van der Waals surface area (Å²) in [6, 6.07) is 52.1. The average Bonchev–Trinajstić information content (AvgIpc) is 3.58. The molecule has 0 saturated heterocycles. The van der Waals surface area contributed by atoms with Gasteiger partial charge in [-0.15, -0.1) is 0 Å². The van der Waals surface area contributed by atoms with Crippen LogP contribution in [0.25, 0.3) is 43.8 Å². The lowest BCUT2D eigenvalue weighted by Gasteiger charge is -2.28. The number of benzene rings is 7. The molecule has 1 heterocycles. The maximum Gasteiger partial charge on any atom is 0.137 e. The Hall–Kier alpha value is -5.31. The topological polar surface area (TPSA) is 16.4 Å². The van der Waals surface area contributed by atoms with Gasteiger partial charge in [-0.1, -0.05) is 123 Å². The molecule has 0 aliphatic heterocycles. The molecule has 3 heteroatoms. The molecule has 1 aromatic heterocycles. The summed E-state index contributed by atoms with van der Waals surface area (Å²) < 4.78 is 6.53. The van der Waals surface area contributed by atoms with Crippen LogP contribution < -0.4 is 4.90 Å².